The minimum atomic E-state index is 0.0452. The van der Waals surface area contributed by atoms with Crippen LogP contribution in [-0.2, 0) is 4.79 Å². The standard InChI is InChI=1S/C12H13Cl2N3O/c1-2-11(18)17-6-5-15-12(17)16-10-4-3-8(13)7-9(10)14/h3-4,7H,2,5-6H2,1H3,(H,15,16). The summed E-state index contributed by atoms with van der Waals surface area (Å²) in [6, 6.07) is 5.14. The highest BCUT2D eigenvalue weighted by atomic mass is 35.5. The average Bonchev–Trinajstić information content (AvgIpc) is 2.80. The van der Waals surface area contributed by atoms with E-state index in [-0.39, 0.29) is 5.91 Å². The van der Waals surface area contributed by atoms with Gasteiger partial charge in [0.2, 0.25) is 11.9 Å². The first-order valence-corrected chi connectivity index (χ1v) is 6.44. The number of carbonyl (C=O) groups excluding carboxylic acids is 1. The lowest BCUT2D eigenvalue weighted by Crippen LogP contribution is -2.37. The molecule has 4 nitrogen and oxygen atoms in total. The van der Waals surface area contributed by atoms with Crippen LogP contribution in [0.15, 0.2) is 23.2 Å². The molecular formula is C12H13Cl2N3O. The molecule has 1 amide bonds. The fourth-order valence-electron chi connectivity index (χ4n) is 1.70. The summed E-state index contributed by atoms with van der Waals surface area (Å²) in [5.74, 6) is 0.593. The average molecular weight is 286 g/mol. The van der Waals surface area contributed by atoms with Crippen LogP contribution in [0, 0.1) is 0 Å². The second kappa shape index (κ2) is 5.59. The predicted molar refractivity (Wildman–Crippen MR) is 74.4 cm³/mol. The molecule has 0 saturated carbocycles. The van der Waals surface area contributed by atoms with Gasteiger partial charge in [0.1, 0.15) is 0 Å². The van der Waals surface area contributed by atoms with Crippen LogP contribution in [0.5, 0.6) is 0 Å². The van der Waals surface area contributed by atoms with Gasteiger partial charge in [0.05, 0.1) is 17.3 Å². The van der Waals surface area contributed by atoms with E-state index in [1.807, 2.05) is 6.92 Å². The lowest BCUT2D eigenvalue weighted by molar-refractivity contribution is -0.126. The Balaban J connectivity index is 2.16. The Kier molecular flexibility index (Phi) is 4.09. The number of rotatable bonds is 2. The molecule has 0 radical (unpaired) electrons. The Morgan fingerprint density at radius 2 is 2.28 bits per heavy atom. The van der Waals surface area contributed by atoms with Gasteiger partial charge in [-0.05, 0) is 18.2 Å². The second-order valence-corrected chi connectivity index (χ2v) is 4.70. The molecule has 2 rings (SSSR count). The van der Waals surface area contributed by atoms with Crippen LogP contribution in [0.2, 0.25) is 10.0 Å². The molecular weight excluding hydrogens is 273 g/mol. The maximum absolute atomic E-state index is 11.7. The summed E-state index contributed by atoms with van der Waals surface area (Å²) in [6.07, 6.45) is 0.453. The van der Waals surface area contributed by atoms with Crippen molar-refractivity contribution in [2.45, 2.75) is 13.3 Å². The molecule has 1 aromatic rings. The van der Waals surface area contributed by atoms with Gasteiger partial charge in [-0.2, -0.15) is 0 Å². The first kappa shape index (κ1) is 13.2. The molecule has 1 N–H and O–H groups in total. The number of guanidine groups is 1. The minimum absolute atomic E-state index is 0.0452. The van der Waals surface area contributed by atoms with Gasteiger partial charge in [-0.3, -0.25) is 14.7 Å². The number of hydrogen-bond donors (Lipinski definition) is 1. The number of carbonyl (C=O) groups is 1. The van der Waals surface area contributed by atoms with E-state index >= 15 is 0 Å². The van der Waals surface area contributed by atoms with E-state index < -0.39 is 0 Å². The van der Waals surface area contributed by atoms with E-state index in [0.717, 1.165) is 0 Å². The van der Waals surface area contributed by atoms with Crippen molar-refractivity contribution in [3.8, 4) is 0 Å². The van der Waals surface area contributed by atoms with Crippen molar-refractivity contribution >= 4 is 40.8 Å². The summed E-state index contributed by atoms with van der Waals surface area (Å²) < 4.78 is 0. The third kappa shape index (κ3) is 2.76. The topological polar surface area (TPSA) is 44.7 Å². The zero-order valence-corrected chi connectivity index (χ0v) is 11.4. The fraction of sp³-hybridized carbons (Fsp3) is 0.333. The van der Waals surface area contributed by atoms with Crippen LogP contribution in [-0.4, -0.2) is 29.9 Å². The van der Waals surface area contributed by atoms with Gasteiger partial charge in [-0.1, -0.05) is 30.1 Å². The molecule has 0 saturated heterocycles. The summed E-state index contributed by atoms with van der Waals surface area (Å²) in [7, 11) is 0. The number of anilines is 1. The highest BCUT2D eigenvalue weighted by molar-refractivity contribution is 6.36. The lowest BCUT2D eigenvalue weighted by Gasteiger charge is -2.19. The molecule has 1 heterocycles. The Labute approximate surface area is 116 Å². The van der Waals surface area contributed by atoms with Gasteiger partial charge in [0, 0.05) is 18.0 Å². The Morgan fingerprint density at radius 3 is 2.94 bits per heavy atom. The molecule has 6 heteroatoms. The van der Waals surface area contributed by atoms with Gasteiger partial charge in [-0.15, -0.1) is 0 Å². The first-order valence-electron chi connectivity index (χ1n) is 5.68. The first-order chi connectivity index (χ1) is 8.61. The number of nitrogens with one attached hydrogen (secondary N) is 1. The quantitative estimate of drug-likeness (QED) is 0.908. The zero-order chi connectivity index (χ0) is 13.1. The van der Waals surface area contributed by atoms with Crippen LogP contribution < -0.4 is 5.32 Å². The molecule has 0 atom stereocenters. The van der Waals surface area contributed by atoms with Crippen molar-refractivity contribution in [2.24, 2.45) is 4.99 Å². The Morgan fingerprint density at radius 1 is 1.50 bits per heavy atom. The number of nitrogens with zero attached hydrogens (tertiary/aromatic N) is 2. The van der Waals surface area contributed by atoms with Gasteiger partial charge in [0.15, 0.2) is 0 Å². The number of amides is 1. The van der Waals surface area contributed by atoms with E-state index in [1.54, 1.807) is 23.1 Å². The maximum atomic E-state index is 11.7. The van der Waals surface area contributed by atoms with Gasteiger partial charge in [0.25, 0.3) is 0 Å². The zero-order valence-electron chi connectivity index (χ0n) is 9.91. The third-order valence-electron chi connectivity index (χ3n) is 2.62. The van der Waals surface area contributed by atoms with Crippen LogP contribution in [0.4, 0.5) is 5.69 Å². The third-order valence-corrected chi connectivity index (χ3v) is 3.17. The van der Waals surface area contributed by atoms with Gasteiger partial charge >= 0.3 is 0 Å². The molecule has 1 aliphatic rings. The van der Waals surface area contributed by atoms with Crippen molar-refractivity contribution in [2.75, 3.05) is 18.4 Å². The number of halogens is 2. The fourth-order valence-corrected chi connectivity index (χ4v) is 2.15. The molecule has 0 aromatic heterocycles. The number of aliphatic imine (C=N–C) groups is 1. The monoisotopic (exact) mass is 285 g/mol. The highest BCUT2D eigenvalue weighted by Gasteiger charge is 2.22. The normalized spacial score (nSPS) is 14.6. The van der Waals surface area contributed by atoms with Crippen LogP contribution in [0.25, 0.3) is 0 Å². The van der Waals surface area contributed by atoms with E-state index in [1.165, 1.54) is 0 Å². The van der Waals surface area contributed by atoms with Gasteiger partial charge in [-0.25, -0.2) is 0 Å². The molecule has 0 spiro atoms. The summed E-state index contributed by atoms with van der Waals surface area (Å²) in [4.78, 5) is 17.6. The van der Waals surface area contributed by atoms with Crippen LogP contribution in [0.1, 0.15) is 13.3 Å². The van der Waals surface area contributed by atoms with Crippen molar-refractivity contribution < 1.29 is 4.79 Å². The van der Waals surface area contributed by atoms with E-state index in [0.29, 0.717) is 41.2 Å². The molecule has 96 valence electrons. The number of benzene rings is 1. The van der Waals surface area contributed by atoms with Gasteiger partial charge < -0.3 is 5.32 Å². The molecule has 1 aliphatic heterocycles. The van der Waals surface area contributed by atoms with E-state index in [4.69, 9.17) is 23.2 Å². The van der Waals surface area contributed by atoms with Crippen molar-refractivity contribution in [3.63, 3.8) is 0 Å². The van der Waals surface area contributed by atoms with Crippen LogP contribution in [0.3, 0.4) is 0 Å². The van der Waals surface area contributed by atoms with Crippen molar-refractivity contribution in [3.05, 3.63) is 28.2 Å². The predicted octanol–water partition coefficient (Wildman–Crippen LogP) is 3.01. The molecule has 0 unspecified atom stereocenters. The minimum Gasteiger partial charge on any atom is -0.325 e. The second-order valence-electron chi connectivity index (χ2n) is 3.85. The number of hydrogen-bond acceptors (Lipinski definition) is 3. The Hall–Kier alpha value is -1.26. The summed E-state index contributed by atoms with van der Waals surface area (Å²) in [6.45, 7) is 3.05. The van der Waals surface area contributed by atoms with Crippen molar-refractivity contribution in [1.82, 2.24) is 4.90 Å². The summed E-state index contributed by atoms with van der Waals surface area (Å²) >= 11 is 11.9. The van der Waals surface area contributed by atoms with Crippen LogP contribution >= 0.6 is 23.2 Å². The largest absolute Gasteiger partial charge is 0.325 e. The highest BCUT2D eigenvalue weighted by Crippen LogP contribution is 2.26. The Bertz CT molecular complexity index is 502. The molecule has 0 aliphatic carbocycles. The molecule has 0 bridgehead atoms. The smallest absolute Gasteiger partial charge is 0.229 e. The SMILES string of the molecule is CCC(=O)N1CCN=C1Nc1ccc(Cl)cc1Cl. The summed E-state index contributed by atoms with van der Waals surface area (Å²) in [5, 5.41) is 4.14. The molecule has 0 fully saturated rings. The lowest BCUT2D eigenvalue weighted by atomic mass is 10.3. The maximum Gasteiger partial charge on any atom is 0.229 e. The van der Waals surface area contributed by atoms with E-state index in [9.17, 15) is 4.79 Å². The van der Waals surface area contributed by atoms with Crippen molar-refractivity contribution in [1.29, 1.82) is 0 Å². The summed E-state index contributed by atoms with van der Waals surface area (Å²) in [5.41, 5.74) is 0.690. The molecule has 1 aromatic carbocycles. The molecule has 18 heavy (non-hydrogen) atoms. The van der Waals surface area contributed by atoms with E-state index in [2.05, 4.69) is 10.3 Å².